The van der Waals surface area contributed by atoms with Crippen molar-refractivity contribution in [3.63, 3.8) is 0 Å². The van der Waals surface area contributed by atoms with Crippen LogP contribution < -0.4 is 0 Å². The standard InChI is InChI=1S/C6H13O3P/c1-6(2,3)5(7)10(4,8)9/h1-4H3,(H,8,9). The number of rotatable bonds is 1. The molecule has 1 atom stereocenters. The Labute approximate surface area is 60.9 Å². The lowest BCUT2D eigenvalue weighted by Crippen LogP contribution is -2.19. The average Bonchev–Trinajstić information content (AvgIpc) is 1.59. The molecular weight excluding hydrogens is 151 g/mol. The number of hydrogen-bond donors (Lipinski definition) is 1. The van der Waals surface area contributed by atoms with Crippen LogP contribution in [-0.4, -0.2) is 17.1 Å². The first-order chi connectivity index (χ1) is 4.15. The van der Waals surface area contributed by atoms with Gasteiger partial charge in [0.25, 0.3) is 7.37 Å². The highest BCUT2D eigenvalue weighted by molar-refractivity contribution is 7.74. The minimum Gasteiger partial charge on any atom is -0.339 e. The third-order valence-electron chi connectivity index (χ3n) is 1.02. The van der Waals surface area contributed by atoms with E-state index in [1.54, 1.807) is 20.8 Å². The smallest absolute Gasteiger partial charge is 0.261 e. The predicted octanol–water partition coefficient (Wildman–Crippen LogP) is 1.46. The van der Waals surface area contributed by atoms with Gasteiger partial charge in [-0.15, -0.1) is 0 Å². The van der Waals surface area contributed by atoms with Crippen molar-refractivity contribution in [2.24, 2.45) is 5.41 Å². The molecule has 0 amide bonds. The molecule has 0 saturated carbocycles. The summed E-state index contributed by atoms with van der Waals surface area (Å²) in [4.78, 5) is 19.8. The molecule has 10 heavy (non-hydrogen) atoms. The van der Waals surface area contributed by atoms with E-state index in [1.807, 2.05) is 0 Å². The van der Waals surface area contributed by atoms with Crippen molar-refractivity contribution in [1.29, 1.82) is 0 Å². The average molecular weight is 164 g/mol. The summed E-state index contributed by atoms with van der Waals surface area (Å²) < 4.78 is 10.8. The van der Waals surface area contributed by atoms with Crippen LogP contribution in [0.4, 0.5) is 0 Å². The summed E-state index contributed by atoms with van der Waals surface area (Å²) >= 11 is 0. The molecule has 0 rings (SSSR count). The van der Waals surface area contributed by atoms with E-state index in [4.69, 9.17) is 4.89 Å². The van der Waals surface area contributed by atoms with Gasteiger partial charge in [0.15, 0.2) is 0 Å². The van der Waals surface area contributed by atoms with Crippen LogP contribution in [0.15, 0.2) is 0 Å². The van der Waals surface area contributed by atoms with E-state index < -0.39 is 18.3 Å². The molecule has 0 fully saturated rings. The molecule has 3 nitrogen and oxygen atoms in total. The second-order valence-electron chi connectivity index (χ2n) is 3.43. The second-order valence-corrected chi connectivity index (χ2v) is 5.60. The summed E-state index contributed by atoms with van der Waals surface area (Å²) in [6, 6.07) is 0. The first-order valence-electron chi connectivity index (χ1n) is 3.01. The van der Waals surface area contributed by atoms with Gasteiger partial charge in [-0.1, -0.05) is 20.8 Å². The highest BCUT2D eigenvalue weighted by atomic mass is 31.2. The van der Waals surface area contributed by atoms with E-state index in [1.165, 1.54) is 0 Å². The zero-order valence-corrected chi connectivity index (χ0v) is 7.61. The van der Waals surface area contributed by atoms with E-state index in [0.717, 1.165) is 6.66 Å². The highest BCUT2D eigenvalue weighted by Crippen LogP contribution is 2.43. The molecule has 0 aromatic rings. The molecule has 0 aliphatic carbocycles. The van der Waals surface area contributed by atoms with Gasteiger partial charge in [-0.2, -0.15) is 0 Å². The normalized spacial score (nSPS) is 18.1. The zero-order chi connectivity index (χ0) is 8.58. The number of carbonyl (C=O) groups is 1. The van der Waals surface area contributed by atoms with Crippen LogP contribution in [0.5, 0.6) is 0 Å². The molecule has 0 aromatic heterocycles. The van der Waals surface area contributed by atoms with E-state index >= 15 is 0 Å². The minimum absolute atomic E-state index is 0.569. The van der Waals surface area contributed by atoms with Crippen molar-refractivity contribution in [2.45, 2.75) is 20.8 Å². The van der Waals surface area contributed by atoms with Gasteiger partial charge in [0.05, 0.1) is 0 Å². The molecule has 0 saturated heterocycles. The topological polar surface area (TPSA) is 54.4 Å². The van der Waals surface area contributed by atoms with Crippen molar-refractivity contribution < 1.29 is 14.3 Å². The lowest BCUT2D eigenvalue weighted by molar-refractivity contribution is -0.119. The van der Waals surface area contributed by atoms with Crippen molar-refractivity contribution in [2.75, 3.05) is 6.66 Å². The predicted molar refractivity (Wildman–Crippen MR) is 40.2 cm³/mol. The first-order valence-corrected chi connectivity index (χ1v) is 5.11. The summed E-state index contributed by atoms with van der Waals surface area (Å²) in [7, 11) is -3.52. The van der Waals surface area contributed by atoms with Crippen LogP contribution in [0.2, 0.25) is 0 Å². The van der Waals surface area contributed by atoms with Gasteiger partial charge in [-0.3, -0.25) is 9.36 Å². The Hall–Kier alpha value is -0.140. The summed E-state index contributed by atoms with van der Waals surface area (Å²) in [5, 5.41) is 0. The number of carbonyl (C=O) groups excluding carboxylic acids is 1. The van der Waals surface area contributed by atoms with Crippen molar-refractivity contribution >= 4 is 12.9 Å². The SMILES string of the molecule is CC(C)(C)C(=O)P(C)(=O)O. The van der Waals surface area contributed by atoms with Crippen LogP contribution in [-0.2, 0) is 9.36 Å². The van der Waals surface area contributed by atoms with Gasteiger partial charge >= 0.3 is 0 Å². The lowest BCUT2D eigenvalue weighted by Gasteiger charge is -2.17. The third-order valence-corrected chi connectivity index (χ3v) is 2.44. The second kappa shape index (κ2) is 2.48. The Kier molecular flexibility index (Phi) is 2.44. The van der Waals surface area contributed by atoms with Crippen LogP contribution in [0.25, 0.3) is 0 Å². The maximum absolute atomic E-state index is 11.0. The Morgan fingerprint density at radius 2 is 1.70 bits per heavy atom. The summed E-state index contributed by atoms with van der Waals surface area (Å²) in [6.07, 6.45) is 0. The van der Waals surface area contributed by atoms with Crippen LogP contribution in [0, 0.1) is 5.41 Å². The summed E-state index contributed by atoms with van der Waals surface area (Å²) in [5.41, 5.74) is -1.28. The maximum atomic E-state index is 11.0. The molecular formula is C6H13O3P. The summed E-state index contributed by atoms with van der Waals surface area (Å²) in [6.45, 7) is 5.95. The molecule has 0 aliphatic rings. The quantitative estimate of drug-likeness (QED) is 0.597. The molecule has 60 valence electrons. The monoisotopic (exact) mass is 164 g/mol. The number of hydrogen-bond acceptors (Lipinski definition) is 2. The van der Waals surface area contributed by atoms with E-state index in [0.29, 0.717) is 0 Å². The fourth-order valence-electron chi connectivity index (χ4n) is 0.622. The van der Waals surface area contributed by atoms with Crippen LogP contribution >= 0.6 is 7.37 Å². The molecule has 0 spiro atoms. The van der Waals surface area contributed by atoms with Gasteiger partial charge in [-0.05, 0) is 0 Å². The van der Waals surface area contributed by atoms with E-state index in [2.05, 4.69) is 0 Å². The maximum Gasteiger partial charge on any atom is 0.261 e. The highest BCUT2D eigenvalue weighted by Gasteiger charge is 2.33. The third kappa shape index (κ3) is 2.63. The minimum atomic E-state index is -3.52. The fourth-order valence-corrected chi connectivity index (χ4v) is 1.87. The molecule has 1 unspecified atom stereocenters. The van der Waals surface area contributed by atoms with Crippen molar-refractivity contribution in [3.8, 4) is 0 Å². The van der Waals surface area contributed by atoms with Crippen molar-refractivity contribution in [3.05, 3.63) is 0 Å². The van der Waals surface area contributed by atoms with Crippen LogP contribution in [0.1, 0.15) is 20.8 Å². The molecule has 0 aliphatic heterocycles. The Morgan fingerprint density at radius 3 is 1.70 bits per heavy atom. The molecule has 0 bridgehead atoms. The zero-order valence-electron chi connectivity index (χ0n) is 6.71. The van der Waals surface area contributed by atoms with Crippen molar-refractivity contribution in [1.82, 2.24) is 0 Å². The van der Waals surface area contributed by atoms with Gasteiger partial charge in [0, 0.05) is 12.1 Å². The van der Waals surface area contributed by atoms with Gasteiger partial charge in [0.1, 0.15) is 0 Å². The van der Waals surface area contributed by atoms with Crippen LogP contribution in [0.3, 0.4) is 0 Å². The summed E-state index contributed by atoms with van der Waals surface area (Å²) in [5.74, 6) is 0. The van der Waals surface area contributed by atoms with Gasteiger partial charge in [0.2, 0.25) is 5.52 Å². The largest absolute Gasteiger partial charge is 0.339 e. The Bertz CT molecular complexity index is 184. The Morgan fingerprint density at radius 1 is 1.40 bits per heavy atom. The molecule has 4 heteroatoms. The Balaban J connectivity index is 4.57. The first kappa shape index (κ1) is 9.86. The molecule has 0 radical (unpaired) electrons. The lowest BCUT2D eigenvalue weighted by atomic mass is 9.99. The van der Waals surface area contributed by atoms with Gasteiger partial charge in [-0.25, -0.2) is 0 Å². The molecule has 1 N–H and O–H groups in total. The van der Waals surface area contributed by atoms with E-state index in [-0.39, 0.29) is 0 Å². The van der Waals surface area contributed by atoms with Gasteiger partial charge < -0.3 is 4.89 Å². The fraction of sp³-hybridized carbons (Fsp3) is 0.833. The molecule has 0 aromatic carbocycles. The van der Waals surface area contributed by atoms with E-state index in [9.17, 15) is 9.36 Å². The molecule has 0 heterocycles.